The lowest BCUT2D eigenvalue weighted by molar-refractivity contribution is -0.142. The molecule has 1 aromatic heterocycles. The van der Waals surface area contributed by atoms with Crippen LogP contribution in [0.2, 0.25) is 0 Å². The zero-order chi connectivity index (χ0) is 14.1. The Labute approximate surface area is 119 Å². The highest BCUT2D eigenvalue weighted by Gasteiger charge is 2.27. The van der Waals surface area contributed by atoms with Crippen LogP contribution in [0.25, 0.3) is 0 Å². The molecule has 0 radical (unpaired) electrons. The molecule has 1 saturated heterocycles. The average Bonchev–Trinajstić information content (AvgIpc) is 3.03. The minimum atomic E-state index is -0.680. The van der Waals surface area contributed by atoms with Crippen molar-refractivity contribution in [2.75, 3.05) is 19.6 Å². The minimum Gasteiger partial charge on any atom is -0.481 e. The number of imidazole rings is 1. The number of aliphatic carboxylic acids is 1. The van der Waals surface area contributed by atoms with Crippen LogP contribution in [0.1, 0.15) is 31.3 Å². The molecule has 1 aromatic rings. The van der Waals surface area contributed by atoms with Crippen molar-refractivity contribution in [3.63, 3.8) is 0 Å². The Hall–Kier alpha value is -1.36. The largest absolute Gasteiger partial charge is 0.481 e. The van der Waals surface area contributed by atoms with Gasteiger partial charge in [-0.3, -0.25) is 4.79 Å². The number of carboxylic acids is 1. The first-order chi connectivity index (χ1) is 9.65. The molecule has 5 nitrogen and oxygen atoms in total. The number of nitrogens with zero attached hydrogens (tertiary/aromatic N) is 3. The summed E-state index contributed by atoms with van der Waals surface area (Å²) in [4.78, 5) is 18.3. The van der Waals surface area contributed by atoms with E-state index in [1.165, 1.54) is 19.5 Å². The molecule has 20 heavy (non-hydrogen) atoms. The molecule has 2 aliphatic heterocycles. The molecule has 1 N–H and O–H groups in total. The zero-order valence-electron chi connectivity index (χ0n) is 12.1. The van der Waals surface area contributed by atoms with Gasteiger partial charge in [-0.05, 0) is 38.3 Å². The van der Waals surface area contributed by atoms with Crippen LogP contribution in [-0.4, -0.2) is 45.2 Å². The van der Waals surface area contributed by atoms with Gasteiger partial charge in [0.2, 0.25) is 0 Å². The first-order valence-corrected chi connectivity index (χ1v) is 7.65. The van der Waals surface area contributed by atoms with Gasteiger partial charge in [-0.2, -0.15) is 0 Å². The molecule has 0 spiro atoms. The molecule has 1 fully saturated rings. The number of hydrogen-bond donors (Lipinski definition) is 1. The highest BCUT2D eigenvalue weighted by atomic mass is 16.4. The van der Waals surface area contributed by atoms with Gasteiger partial charge in [0.05, 0.1) is 11.6 Å². The van der Waals surface area contributed by atoms with Gasteiger partial charge in [0.1, 0.15) is 5.82 Å². The second kappa shape index (κ2) is 5.56. The fraction of sp³-hybridized carbons (Fsp3) is 0.733. The lowest BCUT2D eigenvalue weighted by Crippen LogP contribution is -2.26. The summed E-state index contributed by atoms with van der Waals surface area (Å²) in [5.41, 5.74) is 1.15. The van der Waals surface area contributed by atoms with E-state index in [0.29, 0.717) is 12.5 Å². The third-order valence-corrected chi connectivity index (χ3v) is 4.71. The monoisotopic (exact) mass is 277 g/mol. The van der Waals surface area contributed by atoms with Crippen LogP contribution in [0.3, 0.4) is 0 Å². The van der Waals surface area contributed by atoms with Crippen LogP contribution >= 0.6 is 0 Å². The van der Waals surface area contributed by atoms with Crippen molar-refractivity contribution < 1.29 is 9.90 Å². The normalized spacial score (nSPS) is 26.6. The summed E-state index contributed by atoms with van der Waals surface area (Å²) in [5.74, 6) is 0.858. The molecule has 2 aliphatic rings. The highest BCUT2D eigenvalue weighted by molar-refractivity contribution is 5.70. The first-order valence-electron chi connectivity index (χ1n) is 7.65. The first kappa shape index (κ1) is 13.6. The highest BCUT2D eigenvalue weighted by Crippen LogP contribution is 2.24. The van der Waals surface area contributed by atoms with E-state index in [1.54, 1.807) is 0 Å². The smallest absolute Gasteiger partial charge is 0.308 e. The summed E-state index contributed by atoms with van der Waals surface area (Å²) in [6.07, 6.45) is 5.89. The molecular weight excluding hydrogens is 254 g/mol. The maximum Gasteiger partial charge on any atom is 0.308 e. The van der Waals surface area contributed by atoms with E-state index in [-0.39, 0.29) is 5.92 Å². The number of fused-ring (bicyclic) bond motifs is 1. The van der Waals surface area contributed by atoms with E-state index >= 15 is 0 Å². The standard InChI is InChI=1S/C15H23N3O2/c1-2-17-6-5-11(8-17)7-13-10-18-9-12(15(19)20)3-4-14(18)16-13/h10-12H,2-9H2,1H3,(H,19,20). The van der Waals surface area contributed by atoms with Gasteiger partial charge in [0, 0.05) is 25.7 Å². The minimum absolute atomic E-state index is 0.244. The lowest BCUT2D eigenvalue weighted by Gasteiger charge is -2.19. The molecule has 0 aromatic carbocycles. The molecule has 3 heterocycles. The van der Waals surface area contributed by atoms with Gasteiger partial charge in [-0.15, -0.1) is 0 Å². The SMILES string of the molecule is CCN1CCC(Cc2cn3c(n2)CCC(C(=O)O)C3)C1. The second-order valence-electron chi connectivity index (χ2n) is 6.13. The van der Waals surface area contributed by atoms with Crippen molar-refractivity contribution in [2.45, 2.75) is 39.2 Å². The number of carboxylic acid groups (broad SMARTS) is 1. The van der Waals surface area contributed by atoms with E-state index in [2.05, 4.69) is 22.6 Å². The topological polar surface area (TPSA) is 58.4 Å². The number of aryl methyl sites for hydroxylation is 1. The Morgan fingerprint density at radius 2 is 2.30 bits per heavy atom. The molecule has 0 amide bonds. The van der Waals surface area contributed by atoms with Gasteiger partial charge >= 0.3 is 5.97 Å². The van der Waals surface area contributed by atoms with E-state index in [0.717, 1.165) is 37.3 Å². The molecule has 2 unspecified atom stereocenters. The van der Waals surface area contributed by atoms with Crippen molar-refractivity contribution >= 4 is 5.97 Å². The Bertz CT molecular complexity index is 497. The van der Waals surface area contributed by atoms with Gasteiger partial charge in [0.15, 0.2) is 0 Å². The maximum atomic E-state index is 11.1. The van der Waals surface area contributed by atoms with Crippen LogP contribution in [-0.2, 0) is 24.2 Å². The molecular formula is C15H23N3O2. The zero-order valence-corrected chi connectivity index (χ0v) is 12.1. The Morgan fingerprint density at radius 1 is 1.45 bits per heavy atom. The maximum absolute atomic E-state index is 11.1. The van der Waals surface area contributed by atoms with Crippen molar-refractivity contribution in [2.24, 2.45) is 11.8 Å². The quantitative estimate of drug-likeness (QED) is 0.904. The van der Waals surface area contributed by atoms with Crippen LogP contribution in [0, 0.1) is 11.8 Å². The predicted molar refractivity (Wildman–Crippen MR) is 75.6 cm³/mol. The van der Waals surface area contributed by atoms with Crippen LogP contribution < -0.4 is 0 Å². The van der Waals surface area contributed by atoms with Gasteiger partial charge < -0.3 is 14.6 Å². The van der Waals surface area contributed by atoms with Gasteiger partial charge in [-0.25, -0.2) is 4.98 Å². The van der Waals surface area contributed by atoms with Gasteiger partial charge in [0.25, 0.3) is 0 Å². The molecule has 2 atom stereocenters. The van der Waals surface area contributed by atoms with Crippen molar-refractivity contribution in [1.29, 1.82) is 0 Å². The van der Waals surface area contributed by atoms with Crippen molar-refractivity contribution in [3.8, 4) is 0 Å². The molecule has 5 heteroatoms. The second-order valence-corrected chi connectivity index (χ2v) is 6.13. The van der Waals surface area contributed by atoms with E-state index in [1.807, 2.05) is 0 Å². The summed E-state index contributed by atoms with van der Waals surface area (Å²) in [7, 11) is 0. The Balaban J connectivity index is 1.64. The molecule has 110 valence electrons. The number of aromatic nitrogens is 2. The molecule has 0 aliphatic carbocycles. The predicted octanol–water partition coefficient (Wildman–Crippen LogP) is 1.41. The summed E-state index contributed by atoms with van der Waals surface area (Å²) < 4.78 is 2.06. The Kier molecular flexibility index (Phi) is 3.78. The fourth-order valence-electron chi connectivity index (χ4n) is 3.47. The fourth-order valence-corrected chi connectivity index (χ4v) is 3.47. The number of likely N-dealkylation sites (tertiary alicyclic amines) is 1. The van der Waals surface area contributed by atoms with Crippen LogP contribution in [0.4, 0.5) is 0 Å². The van der Waals surface area contributed by atoms with E-state index in [4.69, 9.17) is 10.1 Å². The third kappa shape index (κ3) is 2.73. The van der Waals surface area contributed by atoms with Crippen LogP contribution in [0.5, 0.6) is 0 Å². The summed E-state index contributed by atoms with van der Waals surface area (Å²) in [6, 6.07) is 0. The lowest BCUT2D eigenvalue weighted by atomic mass is 10.00. The van der Waals surface area contributed by atoms with E-state index < -0.39 is 5.97 Å². The van der Waals surface area contributed by atoms with Crippen molar-refractivity contribution in [3.05, 3.63) is 17.7 Å². The number of carbonyl (C=O) groups is 1. The Morgan fingerprint density at radius 3 is 3.00 bits per heavy atom. The average molecular weight is 277 g/mol. The molecule has 3 rings (SSSR count). The number of hydrogen-bond acceptors (Lipinski definition) is 3. The summed E-state index contributed by atoms with van der Waals surface area (Å²) >= 11 is 0. The molecule has 0 saturated carbocycles. The van der Waals surface area contributed by atoms with Crippen molar-refractivity contribution in [1.82, 2.24) is 14.5 Å². The molecule has 0 bridgehead atoms. The summed E-state index contributed by atoms with van der Waals surface area (Å²) in [6.45, 7) is 6.32. The summed E-state index contributed by atoms with van der Waals surface area (Å²) in [5, 5.41) is 9.12. The third-order valence-electron chi connectivity index (χ3n) is 4.71. The van der Waals surface area contributed by atoms with Gasteiger partial charge in [-0.1, -0.05) is 6.92 Å². The van der Waals surface area contributed by atoms with E-state index in [9.17, 15) is 4.79 Å². The van der Waals surface area contributed by atoms with Crippen LogP contribution in [0.15, 0.2) is 6.20 Å². The number of rotatable bonds is 4.